The Hall–Kier alpha value is -0.870. The molecule has 0 bridgehead atoms. The first kappa shape index (κ1) is 8.72. The summed E-state index contributed by atoms with van der Waals surface area (Å²) in [6.07, 6.45) is 0. The molecule has 0 N–H and O–H groups in total. The van der Waals surface area contributed by atoms with Crippen LogP contribution in [-0.2, 0) is 4.79 Å². The zero-order chi connectivity index (χ0) is 9.26. The van der Waals surface area contributed by atoms with Crippen LogP contribution in [0.5, 0.6) is 0 Å². The summed E-state index contributed by atoms with van der Waals surface area (Å²) in [5.74, 6) is 0. The van der Waals surface area contributed by atoms with Gasteiger partial charge in [0.25, 0.3) is 0 Å². The van der Waals surface area contributed by atoms with Gasteiger partial charge in [-0.25, -0.2) is 0 Å². The van der Waals surface area contributed by atoms with Crippen molar-refractivity contribution in [3.63, 3.8) is 0 Å². The van der Waals surface area contributed by atoms with Gasteiger partial charge in [-0.3, -0.25) is 4.79 Å². The molecule has 1 aliphatic rings. The van der Waals surface area contributed by atoms with Gasteiger partial charge in [-0.2, -0.15) is 0 Å². The SMILES string of the molecule is O=C1CN(c2ccccc2)C(=S)S1. The summed E-state index contributed by atoms with van der Waals surface area (Å²) in [6, 6.07) is 9.71. The van der Waals surface area contributed by atoms with Crippen molar-refractivity contribution in [3.05, 3.63) is 30.3 Å². The highest BCUT2D eigenvalue weighted by molar-refractivity contribution is 8.33. The maximum atomic E-state index is 11.1. The maximum Gasteiger partial charge on any atom is 0.215 e. The van der Waals surface area contributed by atoms with Crippen molar-refractivity contribution >= 4 is 39.1 Å². The molecule has 66 valence electrons. The van der Waals surface area contributed by atoms with Crippen LogP contribution in [0.2, 0.25) is 0 Å². The van der Waals surface area contributed by atoms with E-state index in [0.717, 1.165) is 17.4 Å². The van der Waals surface area contributed by atoms with E-state index in [2.05, 4.69) is 0 Å². The van der Waals surface area contributed by atoms with Crippen molar-refractivity contribution in [2.75, 3.05) is 11.4 Å². The minimum atomic E-state index is 0.119. The van der Waals surface area contributed by atoms with Crippen molar-refractivity contribution in [1.82, 2.24) is 0 Å². The number of benzene rings is 1. The molecule has 0 saturated carbocycles. The van der Waals surface area contributed by atoms with Crippen LogP contribution in [0.1, 0.15) is 0 Å². The van der Waals surface area contributed by atoms with E-state index < -0.39 is 0 Å². The smallest absolute Gasteiger partial charge is 0.215 e. The first-order chi connectivity index (χ1) is 6.27. The molecule has 1 heterocycles. The van der Waals surface area contributed by atoms with E-state index >= 15 is 0 Å². The average Bonchev–Trinajstić information content (AvgIpc) is 2.47. The van der Waals surface area contributed by atoms with Gasteiger partial charge in [0.05, 0.1) is 6.54 Å². The van der Waals surface area contributed by atoms with Gasteiger partial charge in [0.1, 0.15) is 4.32 Å². The quantitative estimate of drug-likeness (QED) is 0.659. The molecule has 1 fully saturated rings. The summed E-state index contributed by atoms with van der Waals surface area (Å²) >= 11 is 6.21. The molecule has 0 aromatic heterocycles. The van der Waals surface area contributed by atoms with Gasteiger partial charge in [0.15, 0.2) is 0 Å². The fourth-order valence-corrected chi connectivity index (χ4v) is 2.30. The predicted octanol–water partition coefficient (Wildman–Crippen LogP) is 2.05. The third-order valence-electron chi connectivity index (χ3n) is 1.78. The maximum absolute atomic E-state index is 11.1. The molecule has 1 aromatic carbocycles. The van der Waals surface area contributed by atoms with E-state index in [9.17, 15) is 4.79 Å². The Kier molecular flexibility index (Phi) is 2.33. The molecule has 2 rings (SSSR count). The van der Waals surface area contributed by atoms with Crippen LogP contribution in [0, 0.1) is 0 Å². The molecule has 1 aliphatic heterocycles. The normalized spacial score (nSPS) is 16.8. The number of carbonyl (C=O) groups is 1. The fraction of sp³-hybridized carbons (Fsp3) is 0.111. The highest BCUT2D eigenvalue weighted by atomic mass is 32.2. The fourth-order valence-electron chi connectivity index (χ4n) is 1.18. The molecule has 0 aliphatic carbocycles. The molecule has 0 radical (unpaired) electrons. The summed E-state index contributed by atoms with van der Waals surface area (Å²) in [5, 5.41) is 0.119. The number of carbonyl (C=O) groups excluding carboxylic acids is 1. The van der Waals surface area contributed by atoms with E-state index in [4.69, 9.17) is 12.2 Å². The Morgan fingerprint density at radius 2 is 2.00 bits per heavy atom. The molecule has 1 saturated heterocycles. The van der Waals surface area contributed by atoms with Gasteiger partial charge >= 0.3 is 0 Å². The number of hydrogen-bond acceptors (Lipinski definition) is 3. The monoisotopic (exact) mass is 209 g/mol. The lowest BCUT2D eigenvalue weighted by Gasteiger charge is -2.14. The van der Waals surface area contributed by atoms with E-state index in [-0.39, 0.29) is 5.12 Å². The first-order valence-electron chi connectivity index (χ1n) is 3.84. The summed E-state index contributed by atoms with van der Waals surface area (Å²) in [7, 11) is 0. The lowest BCUT2D eigenvalue weighted by Crippen LogP contribution is -2.22. The second-order valence-corrected chi connectivity index (χ2v) is 4.35. The molecule has 0 atom stereocenters. The van der Waals surface area contributed by atoms with Crippen LogP contribution < -0.4 is 4.90 Å². The molecular weight excluding hydrogens is 202 g/mol. The van der Waals surface area contributed by atoms with Gasteiger partial charge < -0.3 is 4.90 Å². The summed E-state index contributed by atoms with van der Waals surface area (Å²) in [4.78, 5) is 12.9. The number of anilines is 1. The van der Waals surface area contributed by atoms with Crippen LogP contribution >= 0.6 is 24.0 Å². The van der Waals surface area contributed by atoms with Crippen LogP contribution in [0.4, 0.5) is 5.69 Å². The molecule has 0 amide bonds. The van der Waals surface area contributed by atoms with Crippen molar-refractivity contribution in [2.45, 2.75) is 0 Å². The second kappa shape index (κ2) is 3.47. The van der Waals surface area contributed by atoms with E-state index in [1.807, 2.05) is 35.2 Å². The van der Waals surface area contributed by atoms with Gasteiger partial charge in [-0.1, -0.05) is 30.4 Å². The van der Waals surface area contributed by atoms with Crippen molar-refractivity contribution < 1.29 is 4.79 Å². The summed E-state index contributed by atoms with van der Waals surface area (Å²) in [5.41, 5.74) is 0.992. The van der Waals surface area contributed by atoms with Crippen molar-refractivity contribution in [2.24, 2.45) is 0 Å². The van der Waals surface area contributed by atoms with E-state index in [0.29, 0.717) is 10.9 Å². The standard InChI is InChI=1S/C9H7NOS2/c11-8-6-10(9(12)13-8)7-4-2-1-3-5-7/h1-5H,6H2. The van der Waals surface area contributed by atoms with E-state index in [1.165, 1.54) is 0 Å². The Bertz CT molecular complexity index is 350. The number of rotatable bonds is 1. The number of thiocarbonyl (C=S) groups is 1. The third kappa shape index (κ3) is 1.73. The topological polar surface area (TPSA) is 20.3 Å². The van der Waals surface area contributed by atoms with Gasteiger partial charge in [0.2, 0.25) is 5.12 Å². The highest BCUT2D eigenvalue weighted by Gasteiger charge is 2.25. The Morgan fingerprint density at radius 1 is 1.31 bits per heavy atom. The molecule has 1 aromatic rings. The zero-order valence-electron chi connectivity index (χ0n) is 6.77. The Morgan fingerprint density at radius 3 is 2.54 bits per heavy atom. The molecule has 0 spiro atoms. The predicted molar refractivity (Wildman–Crippen MR) is 59.0 cm³/mol. The molecule has 0 unspecified atom stereocenters. The van der Waals surface area contributed by atoms with Crippen LogP contribution in [0.3, 0.4) is 0 Å². The van der Waals surface area contributed by atoms with Gasteiger partial charge in [-0.15, -0.1) is 0 Å². The zero-order valence-corrected chi connectivity index (χ0v) is 8.40. The second-order valence-electron chi connectivity index (χ2n) is 2.66. The number of hydrogen-bond donors (Lipinski definition) is 0. The molecule has 2 nitrogen and oxygen atoms in total. The van der Waals surface area contributed by atoms with Crippen LogP contribution in [0.25, 0.3) is 0 Å². The first-order valence-corrected chi connectivity index (χ1v) is 5.07. The lowest BCUT2D eigenvalue weighted by molar-refractivity contribution is -0.109. The molecule has 4 heteroatoms. The minimum Gasteiger partial charge on any atom is -0.319 e. The molecule has 13 heavy (non-hydrogen) atoms. The van der Waals surface area contributed by atoms with Crippen LogP contribution in [0.15, 0.2) is 30.3 Å². The van der Waals surface area contributed by atoms with Crippen LogP contribution in [-0.4, -0.2) is 16.0 Å². The Labute approximate surface area is 85.9 Å². The number of thioether (sulfide) groups is 1. The minimum absolute atomic E-state index is 0.119. The lowest BCUT2D eigenvalue weighted by atomic mass is 10.3. The summed E-state index contributed by atoms with van der Waals surface area (Å²) in [6.45, 7) is 0.396. The van der Waals surface area contributed by atoms with Gasteiger partial charge in [-0.05, 0) is 23.9 Å². The number of para-hydroxylation sites is 1. The number of nitrogens with zero attached hydrogens (tertiary/aromatic N) is 1. The molecular formula is C9H7NOS2. The van der Waals surface area contributed by atoms with Gasteiger partial charge in [0, 0.05) is 5.69 Å². The Balaban J connectivity index is 2.28. The average molecular weight is 209 g/mol. The third-order valence-corrected chi connectivity index (χ3v) is 3.00. The van der Waals surface area contributed by atoms with Crippen molar-refractivity contribution in [3.8, 4) is 0 Å². The van der Waals surface area contributed by atoms with Crippen molar-refractivity contribution in [1.29, 1.82) is 0 Å². The summed E-state index contributed by atoms with van der Waals surface area (Å²) < 4.78 is 0.649. The van der Waals surface area contributed by atoms with E-state index in [1.54, 1.807) is 0 Å². The highest BCUT2D eigenvalue weighted by Crippen LogP contribution is 2.25. The largest absolute Gasteiger partial charge is 0.319 e.